The quantitative estimate of drug-likeness (QED) is 0.562. The number of aromatic nitrogens is 2. The molecule has 3 aromatic rings. The molecule has 7 heteroatoms. The van der Waals surface area contributed by atoms with Crippen LogP contribution < -0.4 is 11.0 Å². The van der Waals surface area contributed by atoms with Gasteiger partial charge in [0, 0.05) is 12.3 Å². The van der Waals surface area contributed by atoms with E-state index in [1.165, 1.54) is 18.5 Å². The number of H-pyrrole nitrogens is 2. The van der Waals surface area contributed by atoms with Gasteiger partial charge in [-0.25, -0.2) is 4.99 Å². The summed E-state index contributed by atoms with van der Waals surface area (Å²) in [5, 5.41) is 0.480. The number of rotatable bonds is 2. The Hall–Kier alpha value is -2.80. The van der Waals surface area contributed by atoms with Crippen LogP contribution >= 0.6 is 12.2 Å². The molecule has 110 valence electrons. The maximum atomic E-state index is 12.3. The fraction of sp³-hybridized carbons (Fsp3) is 0.0667. The van der Waals surface area contributed by atoms with E-state index >= 15 is 0 Å². The molecule has 2 N–H and O–H groups in total. The molecule has 0 unspecified atom stereocenters. The zero-order chi connectivity index (χ0) is 15.7. The van der Waals surface area contributed by atoms with Crippen molar-refractivity contribution >= 4 is 35.2 Å². The minimum absolute atomic E-state index is 0.167. The number of fused-ring (bicyclic) bond motifs is 1. The maximum absolute atomic E-state index is 12.3. The fourth-order valence-corrected chi connectivity index (χ4v) is 2.21. The standard InChI is InChI=1S/C15H11N3O3S/c1-8-2-3-10-11(4-8)21-7-9(14(10)20)6-16-12-5-13(19)18-15(22)17-12/h2-7H,1H3,(H2,17,18,19,22)/b16-6+. The predicted molar refractivity (Wildman–Crippen MR) is 86.7 cm³/mol. The number of nitrogens with one attached hydrogen (secondary N) is 2. The van der Waals surface area contributed by atoms with Gasteiger partial charge in [-0.1, -0.05) is 6.07 Å². The van der Waals surface area contributed by atoms with Gasteiger partial charge in [0.25, 0.3) is 5.56 Å². The first kappa shape index (κ1) is 14.2. The van der Waals surface area contributed by atoms with Crippen LogP contribution in [0.1, 0.15) is 11.1 Å². The molecule has 22 heavy (non-hydrogen) atoms. The van der Waals surface area contributed by atoms with Crippen LogP contribution in [-0.4, -0.2) is 16.2 Å². The summed E-state index contributed by atoms with van der Waals surface area (Å²) < 4.78 is 5.62. The second kappa shape index (κ2) is 5.53. The normalized spacial score (nSPS) is 11.3. The number of aliphatic imine (C=N–C) groups is 1. The van der Waals surface area contributed by atoms with Crippen molar-refractivity contribution in [2.75, 3.05) is 0 Å². The second-order valence-corrected chi connectivity index (χ2v) is 5.16. The summed E-state index contributed by atoms with van der Waals surface area (Å²) in [7, 11) is 0. The molecule has 2 heterocycles. The summed E-state index contributed by atoms with van der Waals surface area (Å²) in [6.45, 7) is 1.92. The van der Waals surface area contributed by atoms with Gasteiger partial charge in [0.05, 0.1) is 10.9 Å². The Bertz CT molecular complexity index is 1030. The van der Waals surface area contributed by atoms with Crippen LogP contribution in [0.2, 0.25) is 0 Å². The largest absolute Gasteiger partial charge is 0.463 e. The van der Waals surface area contributed by atoms with E-state index < -0.39 is 0 Å². The van der Waals surface area contributed by atoms with Crippen LogP contribution in [-0.2, 0) is 0 Å². The molecule has 0 atom stereocenters. The third-order valence-electron chi connectivity index (χ3n) is 3.05. The van der Waals surface area contributed by atoms with E-state index in [4.69, 9.17) is 16.6 Å². The molecule has 2 aromatic heterocycles. The number of hydrogen-bond donors (Lipinski definition) is 2. The van der Waals surface area contributed by atoms with Crippen LogP contribution in [0, 0.1) is 11.7 Å². The fourth-order valence-electron chi connectivity index (χ4n) is 2.00. The topological polar surface area (TPSA) is 91.2 Å². The predicted octanol–water partition coefficient (Wildman–Crippen LogP) is 2.60. The second-order valence-electron chi connectivity index (χ2n) is 4.75. The lowest BCUT2D eigenvalue weighted by Crippen LogP contribution is -2.08. The number of aryl methyl sites for hydroxylation is 1. The van der Waals surface area contributed by atoms with Crippen molar-refractivity contribution in [3.05, 3.63) is 67.0 Å². The van der Waals surface area contributed by atoms with Gasteiger partial charge in [0.15, 0.2) is 4.77 Å². The van der Waals surface area contributed by atoms with Crippen LogP contribution in [0.3, 0.4) is 0 Å². The van der Waals surface area contributed by atoms with Crippen LogP contribution in [0.5, 0.6) is 0 Å². The van der Waals surface area contributed by atoms with E-state index in [0.717, 1.165) is 5.56 Å². The Balaban J connectivity index is 2.07. The van der Waals surface area contributed by atoms with E-state index in [2.05, 4.69) is 15.0 Å². The van der Waals surface area contributed by atoms with Crippen molar-refractivity contribution in [1.29, 1.82) is 0 Å². The molecule has 0 aliphatic heterocycles. The van der Waals surface area contributed by atoms with Crippen molar-refractivity contribution < 1.29 is 4.42 Å². The highest BCUT2D eigenvalue weighted by Gasteiger charge is 2.05. The molecule has 0 amide bonds. The molecule has 0 saturated heterocycles. The summed E-state index contributed by atoms with van der Waals surface area (Å²) in [5.74, 6) is 0.261. The lowest BCUT2D eigenvalue weighted by atomic mass is 10.1. The van der Waals surface area contributed by atoms with Gasteiger partial charge in [0.2, 0.25) is 5.43 Å². The first-order chi connectivity index (χ1) is 10.5. The highest BCUT2D eigenvalue weighted by molar-refractivity contribution is 7.71. The van der Waals surface area contributed by atoms with Gasteiger partial charge in [-0.15, -0.1) is 0 Å². The molecule has 0 saturated carbocycles. The number of benzene rings is 1. The van der Waals surface area contributed by atoms with Crippen molar-refractivity contribution in [1.82, 2.24) is 9.97 Å². The third-order valence-corrected chi connectivity index (χ3v) is 3.25. The van der Waals surface area contributed by atoms with Crippen molar-refractivity contribution in [3.63, 3.8) is 0 Å². The highest BCUT2D eigenvalue weighted by Crippen LogP contribution is 2.13. The van der Waals surface area contributed by atoms with Gasteiger partial charge in [-0.3, -0.25) is 14.6 Å². The molecule has 0 radical (unpaired) electrons. The van der Waals surface area contributed by atoms with E-state index in [1.807, 2.05) is 13.0 Å². The molecule has 0 aliphatic rings. The Morgan fingerprint density at radius 1 is 1.23 bits per heavy atom. The zero-order valence-electron chi connectivity index (χ0n) is 11.5. The molecule has 6 nitrogen and oxygen atoms in total. The van der Waals surface area contributed by atoms with Crippen LogP contribution in [0.4, 0.5) is 5.82 Å². The number of aromatic amines is 2. The summed E-state index contributed by atoms with van der Waals surface area (Å²) >= 11 is 4.85. The SMILES string of the molecule is Cc1ccc2c(=O)c(/C=N/c3cc(=O)[nH]c(=S)[nH]3)coc2c1. The first-order valence-corrected chi connectivity index (χ1v) is 6.83. The smallest absolute Gasteiger partial charge is 0.253 e. The lowest BCUT2D eigenvalue weighted by Gasteiger charge is -1.99. The Kier molecular flexibility index (Phi) is 3.56. The molecule has 0 spiro atoms. The molecule has 0 bridgehead atoms. The average Bonchev–Trinajstić information content (AvgIpc) is 2.45. The molecule has 0 fully saturated rings. The summed E-state index contributed by atoms with van der Waals surface area (Å²) in [4.78, 5) is 32.8. The minimum Gasteiger partial charge on any atom is -0.463 e. The molecular formula is C15H11N3O3S. The first-order valence-electron chi connectivity index (χ1n) is 6.43. The van der Waals surface area contributed by atoms with E-state index in [0.29, 0.717) is 11.0 Å². The molecular weight excluding hydrogens is 302 g/mol. The van der Waals surface area contributed by atoms with Gasteiger partial charge >= 0.3 is 0 Å². The van der Waals surface area contributed by atoms with Gasteiger partial charge in [-0.2, -0.15) is 0 Å². The molecule has 1 aromatic carbocycles. The summed E-state index contributed by atoms with van der Waals surface area (Å²) in [5.41, 5.74) is 1.27. The monoisotopic (exact) mass is 313 g/mol. The summed E-state index contributed by atoms with van der Waals surface area (Å²) in [6, 6.07) is 6.60. The highest BCUT2D eigenvalue weighted by atomic mass is 32.1. The van der Waals surface area contributed by atoms with Crippen molar-refractivity contribution in [2.45, 2.75) is 6.92 Å². The maximum Gasteiger partial charge on any atom is 0.253 e. The van der Waals surface area contributed by atoms with E-state index in [-0.39, 0.29) is 27.1 Å². The van der Waals surface area contributed by atoms with Gasteiger partial charge in [0.1, 0.15) is 17.7 Å². The van der Waals surface area contributed by atoms with E-state index in [1.54, 1.807) is 12.1 Å². The minimum atomic E-state index is -0.364. The Morgan fingerprint density at radius 3 is 2.82 bits per heavy atom. The molecule has 0 aliphatic carbocycles. The van der Waals surface area contributed by atoms with Crippen molar-refractivity contribution in [2.24, 2.45) is 4.99 Å². The Morgan fingerprint density at radius 2 is 2.05 bits per heavy atom. The van der Waals surface area contributed by atoms with Crippen LogP contribution in [0.25, 0.3) is 11.0 Å². The van der Waals surface area contributed by atoms with Crippen LogP contribution in [0.15, 0.2) is 49.5 Å². The zero-order valence-corrected chi connectivity index (χ0v) is 12.4. The van der Waals surface area contributed by atoms with Gasteiger partial charge in [-0.05, 0) is 36.8 Å². The summed E-state index contributed by atoms with van der Waals surface area (Å²) in [6.07, 6.45) is 2.68. The van der Waals surface area contributed by atoms with Gasteiger partial charge < -0.3 is 9.40 Å². The number of hydrogen-bond acceptors (Lipinski definition) is 5. The van der Waals surface area contributed by atoms with E-state index in [9.17, 15) is 9.59 Å². The third kappa shape index (κ3) is 2.79. The lowest BCUT2D eigenvalue weighted by molar-refractivity contribution is 0.601. The molecule has 3 rings (SSSR count). The average molecular weight is 313 g/mol. The Labute approximate surface area is 129 Å². The van der Waals surface area contributed by atoms with Crippen molar-refractivity contribution in [3.8, 4) is 0 Å². The number of nitrogens with zero attached hydrogens (tertiary/aromatic N) is 1.